The predicted octanol–water partition coefficient (Wildman–Crippen LogP) is 4.87. The van der Waals surface area contributed by atoms with E-state index in [0.717, 1.165) is 50.8 Å². The number of hydrogen-bond acceptors (Lipinski definition) is 5. The Morgan fingerprint density at radius 3 is 2.63 bits per heavy atom. The van der Waals surface area contributed by atoms with Gasteiger partial charge >= 0.3 is 0 Å². The van der Waals surface area contributed by atoms with Crippen LogP contribution in [0.4, 0.5) is 0 Å². The number of nitrogens with two attached hydrogens (primary N) is 2. The van der Waals surface area contributed by atoms with Crippen LogP contribution in [0.5, 0.6) is 0 Å². The van der Waals surface area contributed by atoms with E-state index in [2.05, 4.69) is 59.0 Å². The molecule has 1 fully saturated rings. The minimum Gasteiger partial charge on any atom is -0.354 e. The molecule has 188 valence electrons. The van der Waals surface area contributed by atoms with Gasteiger partial charge in [0.15, 0.2) is 0 Å². The number of carbonyl (C=O) groups is 1. The summed E-state index contributed by atoms with van der Waals surface area (Å²) < 4.78 is 0. The number of pyridine rings is 1. The van der Waals surface area contributed by atoms with Crippen LogP contribution in [-0.4, -0.2) is 52.9 Å². The fourth-order valence-corrected chi connectivity index (χ4v) is 5.63. The smallest absolute Gasteiger partial charge is 0.141 e. The van der Waals surface area contributed by atoms with Gasteiger partial charge in [0.25, 0.3) is 0 Å². The Balaban J connectivity index is 1.50. The molecule has 3 heterocycles. The van der Waals surface area contributed by atoms with Gasteiger partial charge in [0, 0.05) is 34.9 Å². The average Bonchev–Trinajstić information content (AvgIpc) is 3.24. The first-order valence-corrected chi connectivity index (χ1v) is 13.1. The number of nitrogens with zero attached hydrogens (tertiary/aromatic N) is 2. The maximum Gasteiger partial charge on any atom is 0.141 e. The Morgan fingerprint density at radius 2 is 1.97 bits per heavy atom. The molecule has 0 amide bonds. The SMILES string of the molecule is Cc1cc(-c2[nH]c3ccc(C4CCN(C[C@](N)(C=O)CCCCN)CC4)cc3c2C(C)C)ccn1. The third kappa shape index (κ3) is 5.83. The predicted molar refractivity (Wildman–Crippen MR) is 145 cm³/mol. The van der Waals surface area contributed by atoms with E-state index in [1.807, 2.05) is 13.1 Å². The van der Waals surface area contributed by atoms with Gasteiger partial charge in [-0.25, -0.2) is 0 Å². The van der Waals surface area contributed by atoms with Gasteiger partial charge < -0.3 is 26.1 Å². The number of benzene rings is 1. The maximum atomic E-state index is 11.7. The van der Waals surface area contributed by atoms with Gasteiger partial charge in [-0.3, -0.25) is 4.98 Å². The van der Waals surface area contributed by atoms with Crippen molar-refractivity contribution in [3.05, 3.63) is 53.3 Å². The molecule has 0 unspecified atom stereocenters. The summed E-state index contributed by atoms with van der Waals surface area (Å²) in [7, 11) is 0. The number of carbonyl (C=O) groups excluding carboxylic acids is 1. The number of hydrogen-bond donors (Lipinski definition) is 3. The van der Waals surface area contributed by atoms with Crippen molar-refractivity contribution in [1.29, 1.82) is 0 Å². The number of H-pyrrole nitrogens is 1. The summed E-state index contributed by atoms with van der Waals surface area (Å²) in [6.07, 6.45) is 7.52. The van der Waals surface area contributed by atoms with E-state index in [4.69, 9.17) is 11.5 Å². The van der Waals surface area contributed by atoms with Crippen molar-refractivity contribution >= 4 is 17.2 Å². The number of likely N-dealkylation sites (tertiary alicyclic amines) is 1. The van der Waals surface area contributed by atoms with Crippen molar-refractivity contribution in [2.75, 3.05) is 26.2 Å². The van der Waals surface area contributed by atoms with Crippen LogP contribution in [0.25, 0.3) is 22.2 Å². The summed E-state index contributed by atoms with van der Waals surface area (Å²) in [6.45, 7) is 9.80. The first-order chi connectivity index (χ1) is 16.8. The van der Waals surface area contributed by atoms with Crippen molar-refractivity contribution in [3.8, 4) is 11.3 Å². The van der Waals surface area contributed by atoms with Gasteiger partial charge in [0.2, 0.25) is 0 Å². The van der Waals surface area contributed by atoms with Gasteiger partial charge in [-0.15, -0.1) is 0 Å². The van der Waals surface area contributed by atoms with Crippen LogP contribution in [0, 0.1) is 6.92 Å². The topological polar surface area (TPSA) is 101 Å². The fraction of sp³-hybridized carbons (Fsp3) is 0.517. The van der Waals surface area contributed by atoms with Crippen LogP contribution in [-0.2, 0) is 4.79 Å². The van der Waals surface area contributed by atoms with Crippen LogP contribution in [0.2, 0.25) is 0 Å². The third-order valence-electron chi connectivity index (χ3n) is 7.53. The number of rotatable bonds is 10. The third-order valence-corrected chi connectivity index (χ3v) is 7.53. The molecule has 0 saturated carbocycles. The summed E-state index contributed by atoms with van der Waals surface area (Å²) in [6, 6.07) is 11.2. The summed E-state index contributed by atoms with van der Waals surface area (Å²) >= 11 is 0. The highest BCUT2D eigenvalue weighted by molar-refractivity contribution is 5.92. The second kappa shape index (κ2) is 11.0. The van der Waals surface area contributed by atoms with Crippen LogP contribution in [0.3, 0.4) is 0 Å². The molecule has 35 heavy (non-hydrogen) atoms. The van der Waals surface area contributed by atoms with Crippen molar-refractivity contribution in [3.63, 3.8) is 0 Å². The van der Waals surface area contributed by atoms with E-state index < -0.39 is 5.54 Å². The first-order valence-electron chi connectivity index (χ1n) is 13.1. The average molecular weight is 476 g/mol. The number of aldehydes is 1. The van der Waals surface area contributed by atoms with Gasteiger partial charge in [0.05, 0.1) is 11.2 Å². The lowest BCUT2D eigenvalue weighted by Crippen LogP contribution is -2.53. The minimum atomic E-state index is -0.764. The van der Waals surface area contributed by atoms with Gasteiger partial charge in [-0.1, -0.05) is 19.9 Å². The molecule has 0 bridgehead atoms. The molecule has 1 aliphatic rings. The molecular formula is C29H41N5O. The number of aromatic nitrogens is 2. The molecule has 3 aromatic rings. The number of aryl methyl sites for hydroxylation is 1. The lowest BCUT2D eigenvalue weighted by Gasteiger charge is -2.36. The van der Waals surface area contributed by atoms with Crippen LogP contribution in [0.1, 0.15) is 74.6 Å². The molecule has 5 N–H and O–H groups in total. The normalized spacial score (nSPS) is 17.2. The molecule has 1 atom stereocenters. The Morgan fingerprint density at radius 1 is 1.20 bits per heavy atom. The number of unbranched alkanes of at least 4 members (excludes halogenated alkanes) is 1. The molecule has 0 aliphatic carbocycles. The molecule has 0 spiro atoms. The molecule has 6 heteroatoms. The molecule has 4 rings (SSSR count). The summed E-state index contributed by atoms with van der Waals surface area (Å²) in [5, 5.41) is 1.33. The van der Waals surface area contributed by atoms with E-state index >= 15 is 0 Å². The lowest BCUT2D eigenvalue weighted by molar-refractivity contribution is -0.113. The Kier molecular flexibility index (Phi) is 8.05. The van der Waals surface area contributed by atoms with E-state index in [1.165, 1.54) is 33.3 Å². The van der Waals surface area contributed by atoms with E-state index in [-0.39, 0.29) is 0 Å². The van der Waals surface area contributed by atoms with Crippen molar-refractivity contribution < 1.29 is 4.79 Å². The molecule has 1 saturated heterocycles. The number of nitrogens with one attached hydrogen (secondary N) is 1. The quantitative estimate of drug-likeness (QED) is 0.287. The fourth-order valence-electron chi connectivity index (χ4n) is 5.63. The Bertz CT molecular complexity index is 1150. The van der Waals surface area contributed by atoms with Crippen molar-refractivity contribution in [1.82, 2.24) is 14.9 Å². The molecule has 2 aromatic heterocycles. The van der Waals surface area contributed by atoms with Crippen molar-refractivity contribution in [2.24, 2.45) is 11.5 Å². The van der Waals surface area contributed by atoms with E-state index in [0.29, 0.717) is 31.3 Å². The van der Waals surface area contributed by atoms with Crippen LogP contribution in [0.15, 0.2) is 36.5 Å². The standard InChI is InChI=1S/C29H41N5O/c1-20(2)27-25-17-23(6-7-26(25)33-28(27)24-8-13-32-21(3)16-24)22-9-14-34(15-10-22)18-29(31,19-35)11-4-5-12-30/h6-8,13,16-17,19-20,22,33H,4-5,9-12,14-15,18,30-31H2,1-3H3/t29-/m0/s1. The zero-order chi connectivity index (χ0) is 25.0. The maximum absolute atomic E-state index is 11.7. The summed E-state index contributed by atoms with van der Waals surface area (Å²) in [5.74, 6) is 0.933. The van der Waals surface area contributed by atoms with Crippen LogP contribution >= 0.6 is 0 Å². The Hall–Kier alpha value is -2.54. The number of piperidine rings is 1. The monoisotopic (exact) mass is 475 g/mol. The van der Waals surface area contributed by atoms with E-state index in [9.17, 15) is 4.79 Å². The highest BCUT2D eigenvalue weighted by Crippen LogP contribution is 2.38. The number of fused-ring (bicyclic) bond motifs is 1. The largest absolute Gasteiger partial charge is 0.354 e. The first kappa shape index (κ1) is 25.5. The summed E-state index contributed by atoms with van der Waals surface area (Å²) in [4.78, 5) is 22.2. The van der Waals surface area contributed by atoms with Gasteiger partial charge in [-0.05, 0) is 106 Å². The zero-order valence-electron chi connectivity index (χ0n) is 21.5. The minimum absolute atomic E-state index is 0.407. The van der Waals surface area contributed by atoms with Gasteiger partial charge in [0.1, 0.15) is 6.29 Å². The molecule has 6 nitrogen and oxygen atoms in total. The second-order valence-electron chi connectivity index (χ2n) is 10.7. The lowest BCUT2D eigenvalue weighted by atomic mass is 9.86. The van der Waals surface area contributed by atoms with E-state index in [1.54, 1.807) is 0 Å². The number of aromatic amines is 1. The zero-order valence-corrected chi connectivity index (χ0v) is 21.5. The van der Waals surface area contributed by atoms with Crippen molar-refractivity contribution in [2.45, 2.75) is 70.3 Å². The van der Waals surface area contributed by atoms with Gasteiger partial charge in [-0.2, -0.15) is 0 Å². The highest BCUT2D eigenvalue weighted by atomic mass is 16.1. The second-order valence-corrected chi connectivity index (χ2v) is 10.7. The van der Waals surface area contributed by atoms with Crippen LogP contribution < -0.4 is 11.5 Å². The molecule has 1 aliphatic heterocycles. The highest BCUT2D eigenvalue weighted by Gasteiger charge is 2.30. The molecule has 0 radical (unpaired) electrons. The molecular weight excluding hydrogens is 434 g/mol. The molecule has 1 aromatic carbocycles. The Labute approximate surface area is 209 Å². The summed E-state index contributed by atoms with van der Waals surface area (Å²) in [5.41, 5.74) is 18.7.